The Labute approximate surface area is 131 Å². The summed E-state index contributed by atoms with van der Waals surface area (Å²) >= 11 is 0. The van der Waals surface area contributed by atoms with Gasteiger partial charge in [0.1, 0.15) is 5.82 Å². The summed E-state index contributed by atoms with van der Waals surface area (Å²) in [5.74, 6) is 0.396. The van der Waals surface area contributed by atoms with E-state index in [-0.39, 0.29) is 5.91 Å². The number of carbonyl (C=O) groups is 1. The molecule has 116 valence electrons. The standard InChI is InChI=1S/C17H22N4O/c1-21(2)12-6-11-18-15-9-10-16(19-13-15)20-17(22)14-7-4-3-5-8-14/h3-5,7-10,13,18H,6,11-12H2,1-2H3,(H,19,20,22). The van der Waals surface area contributed by atoms with Gasteiger partial charge in [-0.15, -0.1) is 0 Å². The van der Waals surface area contributed by atoms with Crippen LogP contribution in [0.1, 0.15) is 16.8 Å². The molecule has 22 heavy (non-hydrogen) atoms. The molecule has 0 spiro atoms. The second kappa shape index (κ2) is 8.14. The molecule has 0 saturated carbocycles. The lowest BCUT2D eigenvalue weighted by molar-refractivity contribution is 0.102. The Kier molecular flexibility index (Phi) is 5.91. The molecule has 2 N–H and O–H groups in total. The largest absolute Gasteiger partial charge is 0.384 e. The van der Waals surface area contributed by atoms with Gasteiger partial charge in [0.15, 0.2) is 0 Å². The first-order valence-electron chi connectivity index (χ1n) is 7.36. The fourth-order valence-electron chi connectivity index (χ4n) is 1.98. The predicted octanol–water partition coefficient (Wildman–Crippen LogP) is 2.70. The number of benzene rings is 1. The summed E-state index contributed by atoms with van der Waals surface area (Å²) in [6.07, 6.45) is 2.80. The smallest absolute Gasteiger partial charge is 0.256 e. The van der Waals surface area contributed by atoms with Crippen molar-refractivity contribution in [3.8, 4) is 0 Å². The van der Waals surface area contributed by atoms with Gasteiger partial charge < -0.3 is 15.5 Å². The predicted molar refractivity (Wildman–Crippen MR) is 90.3 cm³/mol. The van der Waals surface area contributed by atoms with Crippen LogP contribution in [0.15, 0.2) is 48.7 Å². The van der Waals surface area contributed by atoms with Crippen LogP contribution in [0, 0.1) is 0 Å². The van der Waals surface area contributed by atoms with E-state index in [1.54, 1.807) is 24.4 Å². The van der Waals surface area contributed by atoms with Gasteiger partial charge in [0.2, 0.25) is 0 Å². The Morgan fingerprint density at radius 3 is 2.55 bits per heavy atom. The number of amides is 1. The number of hydrogen-bond donors (Lipinski definition) is 2. The van der Waals surface area contributed by atoms with Crippen LogP contribution in [0.2, 0.25) is 0 Å². The van der Waals surface area contributed by atoms with Crippen LogP contribution >= 0.6 is 0 Å². The first-order valence-corrected chi connectivity index (χ1v) is 7.36. The number of nitrogens with zero attached hydrogens (tertiary/aromatic N) is 2. The topological polar surface area (TPSA) is 57.3 Å². The maximum Gasteiger partial charge on any atom is 0.256 e. The Morgan fingerprint density at radius 2 is 1.91 bits per heavy atom. The maximum atomic E-state index is 12.0. The fourth-order valence-corrected chi connectivity index (χ4v) is 1.98. The highest BCUT2D eigenvalue weighted by Gasteiger charge is 2.05. The normalized spacial score (nSPS) is 10.5. The maximum absolute atomic E-state index is 12.0. The highest BCUT2D eigenvalue weighted by Crippen LogP contribution is 2.11. The van der Waals surface area contributed by atoms with E-state index in [4.69, 9.17) is 0 Å². The van der Waals surface area contributed by atoms with E-state index in [9.17, 15) is 4.79 Å². The number of aromatic nitrogens is 1. The number of nitrogens with one attached hydrogen (secondary N) is 2. The minimum Gasteiger partial charge on any atom is -0.384 e. The fraction of sp³-hybridized carbons (Fsp3) is 0.294. The van der Waals surface area contributed by atoms with E-state index in [0.29, 0.717) is 11.4 Å². The molecular formula is C17H22N4O. The number of anilines is 2. The molecule has 2 rings (SSSR count). The van der Waals surface area contributed by atoms with Crippen molar-refractivity contribution in [2.75, 3.05) is 37.8 Å². The van der Waals surface area contributed by atoms with Crippen LogP contribution in [-0.4, -0.2) is 43.0 Å². The molecule has 0 aliphatic heterocycles. The molecule has 1 amide bonds. The van der Waals surface area contributed by atoms with Crippen molar-refractivity contribution >= 4 is 17.4 Å². The molecular weight excluding hydrogens is 276 g/mol. The zero-order valence-corrected chi connectivity index (χ0v) is 13.0. The Hall–Kier alpha value is -2.40. The van der Waals surface area contributed by atoms with Gasteiger partial charge in [0.05, 0.1) is 11.9 Å². The van der Waals surface area contributed by atoms with Gasteiger partial charge in [-0.1, -0.05) is 18.2 Å². The summed E-state index contributed by atoms with van der Waals surface area (Å²) in [7, 11) is 4.12. The van der Waals surface area contributed by atoms with Gasteiger partial charge >= 0.3 is 0 Å². The zero-order chi connectivity index (χ0) is 15.8. The lowest BCUT2D eigenvalue weighted by Gasteiger charge is -2.11. The van der Waals surface area contributed by atoms with Crippen molar-refractivity contribution in [1.29, 1.82) is 0 Å². The molecule has 1 heterocycles. The minimum atomic E-state index is -0.153. The quantitative estimate of drug-likeness (QED) is 0.772. The summed E-state index contributed by atoms with van der Waals surface area (Å²) in [5, 5.41) is 6.09. The van der Waals surface area contributed by atoms with Crippen LogP contribution in [0.4, 0.5) is 11.5 Å². The van der Waals surface area contributed by atoms with Crippen LogP contribution in [0.25, 0.3) is 0 Å². The molecule has 0 saturated heterocycles. The van der Waals surface area contributed by atoms with Gasteiger partial charge in [0, 0.05) is 12.1 Å². The summed E-state index contributed by atoms with van der Waals surface area (Å²) in [4.78, 5) is 18.4. The highest BCUT2D eigenvalue weighted by atomic mass is 16.1. The number of hydrogen-bond acceptors (Lipinski definition) is 4. The van der Waals surface area contributed by atoms with Crippen molar-refractivity contribution < 1.29 is 4.79 Å². The Morgan fingerprint density at radius 1 is 1.14 bits per heavy atom. The SMILES string of the molecule is CN(C)CCCNc1ccc(NC(=O)c2ccccc2)nc1. The summed E-state index contributed by atoms with van der Waals surface area (Å²) < 4.78 is 0. The van der Waals surface area contributed by atoms with E-state index >= 15 is 0 Å². The first-order chi connectivity index (χ1) is 10.6. The molecule has 0 atom stereocenters. The van der Waals surface area contributed by atoms with Gasteiger partial charge in [-0.25, -0.2) is 4.98 Å². The highest BCUT2D eigenvalue weighted by molar-refractivity contribution is 6.03. The van der Waals surface area contributed by atoms with Crippen molar-refractivity contribution in [3.05, 3.63) is 54.2 Å². The van der Waals surface area contributed by atoms with E-state index < -0.39 is 0 Å². The molecule has 5 nitrogen and oxygen atoms in total. The summed E-state index contributed by atoms with van der Waals surface area (Å²) in [5.41, 5.74) is 1.58. The molecule has 1 aromatic carbocycles. The summed E-state index contributed by atoms with van der Waals surface area (Å²) in [6, 6.07) is 12.8. The molecule has 0 fully saturated rings. The number of rotatable bonds is 7. The molecule has 2 aromatic rings. The van der Waals surface area contributed by atoms with Gasteiger partial charge in [0.25, 0.3) is 5.91 Å². The second-order valence-corrected chi connectivity index (χ2v) is 5.34. The molecule has 0 aliphatic rings. The third-order valence-electron chi connectivity index (χ3n) is 3.15. The van der Waals surface area contributed by atoms with Crippen molar-refractivity contribution in [2.45, 2.75) is 6.42 Å². The van der Waals surface area contributed by atoms with Crippen molar-refractivity contribution in [2.24, 2.45) is 0 Å². The van der Waals surface area contributed by atoms with Crippen LogP contribution in [0.3, 0.4) is 0 Å². The third-order valence-corrected chi connectivity index (χ3v) is 3.15. The average molecular weight is 298 g/mol. The Balaban J connectivity index is 1.83. The molecule has 0 aliphatic carbocycles. The first kappa shape index (κ1) is 16.0. The van der Waals surface area contributed by atoms with Crippen LogP contribution in [-0.2, 0) is 0 Å². The molecule has 1 aromatic heterocycles. The zero-order valence-electron chi connectivity index (χ0n) is 13.0. The molecule has 0 unspecified atom stereocenters. The van der Waals surface area contributed by atoms with Crippen LogP contribution in [0.5, 0.6) is 0 Å². The van der Waals surface area contributed by atoms with Crippen molar-refractivity contribution in [1.82, 2.24) is 9.88 Å². The number of pyridine rings is 1. The van der Waals surface area contributed by atoms with E-state index in [0.717, 1.165) is 25.2 Å². The van der Waals surface area contributed by atoms with Crippen molar-refractivity contribution in [3.63, 3.8) is 0 Å². The van der Waals surface area contributed by atoms with E-state index in [1.807, 2.05) is 24.3 Å². The van der Waals surface area contributed by atoms with Gasteiger partial charge in [-0.2, -0.15) is 0 Å². The average Bonchev–Trinajstić information content (AvgIpc) is 2.54. The second-order valence-electron chi connectivity index (χ2n) is 5.34. The lowest BCUT2D eigenvalue weighted by Crippen LogP contribution is -2.16. The Bertz CT molecular complexity index is 581. The minimum absolute atomic E-state index is 0.153. The lowest BCUT2D eigenvalue weighted by atomic mass is 10.2. The number of carbonyl (C=O) groups excluding carboxylic acids is 1. The molecule has 0 bridgehead atoms. The third kappa shape index (κ3) is 5.18. The molecule has 0 radical (unpaired) electrons. The van der Waals surface area contributed by atoms with Gasteiger partial charge in [-0.3, -0.25) is 4.79 Å². The van der Waals surface area contributed by atoms with E-state index in [1.165, 1.54) is 0 Å². The van der Waals surface area contributed by atoms with Gasteiger partial charge in [-0.05, 0) is 51.3 Å². The van der Waals surface area contributed by atoms with E-state index in [2.05, 4.69) is 34.6 Å². The monoisotopic (exact) mass is 298 g/mol. The van der Waals surface area contributed by atoms with Crippen LogP contribution < -0.4 is 10.6 Å². The molecule has 5 heteroatoms. The summed E-state index contributed by atoms with van der Waals surface area (Å²) in [6.45, 7) is 1.95.